The van der Waals surface area contributed by atoms with E-state index < -0.39 is 0 Å². The zero-order chi connectivity index (χ0) is 14.4. The molecule has 102 valence electrons. The molecule has 0 aromatic heterocycles. The normalized spacial score (nSPS) is 10.5. The lowest BCUT2D eigenvalue weighted by Gasteiger charge is -2.07. The van der Waals surface area contributed by atoms with Crippen molar-refractivity contribution in [2.45, 2.75) is 0 Å². The number of methoxy groups -OCH3 is 1. The molecule has 2 rings (SSSR count). The SMILES string of the molecule is COc1ccccc1NC(=O)C=Cc1ccc(F)cc1. The third-order valence-corrected chi connectivity index (χ3v) is 2.66. The van der Waals surface area contributed by atoms with Crippen molar-refractivity contribution in [3.8, 4) is 5.75 Å². The van der Waals surface area contributed by atoms with Crippen molar-refractivity contribution in [3.63, 3.8) is 0 Å². The van der Waals surface area contributed by atoms with Crippen LogP contribution < -0.4 is 10.1 Å². The zero-order valence-corrected chi connectivity index (χ0v) is 11.0. The molecule has 20 heavy (non-hydrogen) atoms. The first kappa shape index (κ1) is 13.8. The van der Waals surface area contributed by atoms with Crippen LogP contribution in [0.4, 0.5) is 10.1 Å². The van der Waals surface area contributed by atoms with Crippen molar-refractivity contribution in [2.24, 2.45) is 0 Å². The number of hydrogen-bond donors (Lipinski definition) is 1. The van der Waals surface area contributed by atoms with E-state index in [-0.39, 0.29) is 11.7 Å². The molecule has 0 aliphatic rings. The van der Waals surface area contributed by atoms with Gasteiger partial charge in [0, 0.05) is 6.08 Å². The topological polar surface area (TPSA) is 38.3 Å². The minimum absolute atomic E-state index is 0.279. The number of anilines is 1. The monoisotopic (exact) mass is 271 g/mol. The van der Waals surface area contributed by atoms with Crippen molar-refractivity contribution in [2.75, 3.05) is 12.4 Å². The van der Waals surface area contributed by atoms with E-state index in [0.29, 0.717) is 11.4 Å². The summed E-state index contributed by atoms with van der Waals surface area (Å²) in [5.41, 5.74) is 1.35. The number of rotatable bonds is 4. The van der Waals surface area contributed by atoms with Crippen LogP contribution in [-0.4, -0.2) is 13.0 Å². The smallest absolute Gasteiger partial charge is 0.248 e. The molecular formula is C16H14FNO2. The summed E-state index contributed by atoms with van der Waals surface area (Å²) in [6.45, 7) is 0. The van der Waals surface area contributed by atoms with Gasteiger partial charge in [-0.25, -0.2) is 4.39 Å². The number of carbonyl (C=O) groups excluding carboxylic acids is 1. The van der Waals surface area contributed by atoms with E-state index in [0.717, 1.165) is 5.56 Å². The Morgan fingerprint density at radius 2 is 1.85 bits per heavy atom. The summed E-state index contributed by atoms with van der Waals surface area (Å²) in [6, 6.07) is 13.0. The Kier molecular flexibility index (Phi) is 4.50. The number of benzene rings is 2. The van der Waals surface area contributed by atoms with Gasteiger partial charge in [-0.3, -0.25) is 4.79 Å². The first-order chi connectivity index (χ1) is 9.69. The van der Waals surface area contributed by atoms with Gasteiger partial charge in [-0.2, -0.15) is 0 Å². The van der Waals surface area contributed by atoms with Gasteiger partial charge >= 0.3 is 0 Å². The summed E-state index contributed by atoms with van der Waals surface area (Å²) < 4.78 is 17.9. The number of hydrogen-bond acceptors (Lipinski definition) is 2. The largest absolute Gasteiger partial charge is 0.495 e. The third-order valence-electron chi connectivity index (χ3n) is 2.66. The Balaban J connectivity index is 2.03. The van der Waals surface area contributed by atoms with Crippen LogP contribution in [0.15, 0.2) is 54.6 Å². The number of nitrogens with one attached hydrogen (secondary N) is 1. The van der Waals surface area contributed by atoms with Crippen LogP contribution in [0.2, 0.25) is 0 Å². The van der Waals surface area contributed by atoms with Gasteiger partial charge in [-0.05, 0) is 35.9 Å². The molecule has 2 aromatic carbocycles. The lowest BCUT2D eigenvalue weighted by atomic mass is 10.2. The van der Waals surface area contributed by atoms with Gasteiger partial charge in [0.05, 0.1) is 12.8 Å². The van der Waals surface area contributed by atoms with Crippen LogP contribution in [-0.2, 0) is 4.79 Å². The van der Waals surface area contributed by atoms with Crippen LogP contribution in [0.25, 0.3) is 6.08 Å². The predicted octanol–water partition coefficient (Wildman–Crippen LogP) is 3.49. The molecule has 0 heterocycles. The number of para-hydroxylation sites is 2. The highest BCUT2D eigenvalue weighted by atomic mass is 19.1. The minimum Gasteiger partial charge on any atom is -0.495 e. The second kappa shape index (κ2) is 6.52. The molecule has 0 aliphatic heterocycles. The summed E-state index contributed by atoms with van der Waals surface area (Å²) in [5, 5.41) is 2.72. The molecule has 3 nitrogen and oxygen atoms in total. The molecule has 0 aliphatic carbocycles. The highest BCUT2D eigenvalue weighted by molar-refractivity contribution is 6.02. The molecule has 0 unspecified atom stereocenters. The maximum Gasteiger partial charge on any atom is 0.248 e. The molecule has 0 saturated heterocycles. The van der Waals surface area contributed by atoms with E-state index in [9.17, 15) is 9.18 Å². The molecule has 2 aromatic rings. The molecule has 0 atom stereocenters. The lowest BCUT2D eigenvalue weighted by molar-refractivity contribution is -0.111. The van der Waals surface area contributed by atoms with Crippen molar-refractivity contribution in [1.82, 2.24) is 0 Å². The molecule has 0 spiro atoms. The number of ether oxygens (including phenoxy) is 1. The molecule has 4 heteroatoms. The Morgan fingerprint density at radius 3 is 2.55 bits per heavy atom. The Bertz CT molecular complexity index is 621. The standard InChI is InChI=1S/C16H14FNO2/c1-20-15-5-3-2-4-14(15)18-16(19)11-8-12-6-9-13(17)10-7-12/h2-11H,1H3,(H,18,19). The fourth-order valence-corrected chi connectivity index (χ4v) is 1.67. The van der Waals surface area contributed by atoms with Gasteiger partial charge in [0.1, 0.15) is 11.6 Å². The van der Waals surface area contributed by atoms with Gasteiger partial charge in [-0.15, -0.1) is 0 Å². The molecule has 0 radical (unpaired) electrons. The average molecular weight is 271 g/mol. The first-order valence-corrected chi connectivity index (χ1v) is 6.06. The van der Waals surface area contributed by atoms with Gasteiger partial charge in [0.2, 0.25) is 5.91 Å². The van der Waals surface area contributed by atoms with E-state index in [4.69, 9.17) is 4.74 Å². The third kappa shape index (κ3) is 3.68. The lowest BCUT2D eigenvalue weighted by Crippen LogP contribution is -2.08. The van der Waals surface area contributed by atoms with E-state index in [2.05, 4.69) is 5.32 Å². The maximum atomic E-state index is 12.7. The van der Waals surface area contributed by atoms with Crippen LogP contribution in [0.3, 0.4) is 0 Å². The molecule has 1 N–H and O–H groups in total. The Hall–Kier alpha value is -2.62. The van der Waals surface area contributed by atoms with E-state index >= 15 is 0 Å². The quantitative estimate of drug-likeness (QED) is 0.864. The summed E-state index contributed by atoms with van der Waals surface area (Å²) >= 11 is 0. The number of amides is 1. The summed E-state index contributed by atoms with van der Waals surface area (Å²) in [5.74, 6) is 0.00970. The zero-order valence-electron chi connectivity index (χ0n) is 11.0. The summed E-state index contributed by atoms with van der Waals surface area (Å²) in [6.07, 6.45) is 3.00. The molecule has 0 bridgehead atoms. The number of halogens is 1. The van der Waals surface area contributed by atoms with Crippen molar-refractivity contribution in [3.05, 3.63) is 66.0 Å². The maximum absolute atomic E-state index is 12.7. The summed E-state index contributed by atoms with van der Waals surface area (Å²) in [4.78, 5) is 11.8. The van der Waals surface area contributed by atoms with E-state index in [1.165, 1.54) is 18.2 Å². The number of carbonyl (C=O) groups is 1. The second-order valence-corrected chi connectivity index (χ2v) is 4.07. The van der Waals surface area contributed by atoms with E-state index in [1.807, 2.05) is 12.1 Å². The van der Waals surface area contributed by atoms with Crippen molar-refractivity contribution >= 4 is 17.7 Å². The van der Waals surface area contributed by atoms with Crippen molar-refractivity contribution in [1.29, 1.82) is 0 Å². The summed E-state index contributed by atoms with van der Waals surface area (Å²) in [7, 11) is 1.54. The van der Waals surface area contributed by atoms with Gasteiger partial charge < -0.3 is 10.1 Å². The van der Waals surface area contributed by atoms with Crippen LogP contribution in [0.5, 0.6) is 5.75 Å². The van der Waals surface area contributed by atoms with Crippen LogP contribution >= 0.6 is 0 Å². The fraction of sp³-hybridized carbons (Fsp3) is 0.0625. The minimum atomic E-state index is -0.305. The Labute approximate surface area is 116 Å². The second-order valence-electron chi connectivity index (χ2n) is 4.07. The Morgan fingerprint density at radius 1 is 1.15 bits per heavy atom. The highest BCUT2D eigenvalue weighted by Gasteiger charge is 2.03. The van der Waals surface area contributed by atoms with Crippen molar-refractivity contribution < 1.29 is 13.9 Å². The molecular weight excluding hydrogens is 257 g/mol. The average Bonchev–Trinajstić information content (AvgIpc) is 2.47. The van der Waals surface area contributed by atoms with Crippen LogP contribution in [0.1, 0.15) is 5.56 Å². The molecule has 0 saturated carbocycles. The van der Waals surface area contributed by atoms with Crippen LogP contribution in [0, 0.1) is 5.82 Å². The molecule has 1 amide bonds. The highest BCUT2D eigenvalue weighted by Crippen LogP contribution is 2.22. The van der Waals surface area contributed by atoms with E-state index in [1.54, 1.807) is 37.5 Å². The first-order valence-electron chi connectivity index (χ1n) is 6.06. The van der Waals surface area contributed by atoms with Gasteiger partial charge in [0.25, 0.3) is 0 Å². The van der Waals surface area contributed by atoms with Gasteiger partial charge in [0.15, 0.2) is 0 Å². The predicted molar refractivity (Wildman–Crippen MR) is 77.1 cm³/mol. The fourth-order valence-electron chi connectivity index (χ4n) is 1.67. The van der Waals surface area contributed by atoms with Gasteiger partial charge in [-0.1, -0.05) is 24.3 Å². The molecule has 0 fully saturated rings.